The lowest BCUT2D eigenvalue weighted by Gasteiger charge is -2.16. The molecule has 0 unspecified atom stereocenters. The fourth-order valence-corrected chi connectivity index (χ4v) is 3.90. The number of carbonyl (C=O) groups excluding carboxylic acids is 1. The van der Waals surface area contributed by atoms with Crippen molar-refractivity contribution >= 4 is 27.3 Å². The summed E-state index contributed by atoms with van der Waals surface area (Å²) < 4.78 is 33.4. The summed E-state index contributed by atoms with van der Waals surface area (Å²) in [5.74, 6) is 0.293. The Bertz CT molecular complexity index is 1170. The number of carbonyl (C=O) groups is 1. The minimum atomic E-state index is -3.72. The van der Waals surface area contributed by atoms with Crippen molar-refractivity contribution in [3.8, 4) is 5.75 Å². The first-order valence-electron chi connectivity index (χ1n) is 9.88. The van der Waals surface area contributed by atoms with E-state index in [2.05, 4.69) is 10.0 Å². The molecule has 0 aliphatic heterocycles. The van der Waals surface area contributed by atoms with Gasteiger partial charge >= 0.3 is 0 Å². The van der Waals surface area contributed by atoms with Gasteiger partial charge in [0.1, 0.15) is 5.75 Å². The molecule has 0 saturated carbocycles. The molecule has 7 heteroatoms. The predicted octanol–water partition coefficient (Wildman–Crippen LogP) is 4.82. The molecule has 6 nitrogen and oxygen atoms in total. The van der Waals surface area contributed by atoms with Crippen LogP contribution in [0, 0.1) is 20.8 Å². The summed E-state index contributed by atoms with van der Waals surface area (Å²) in [4.78, 5) is 12.6. The van der Waals surface area contributed by atoms with Crippen molar-refractivity contribution < 1.29 is 17.9 Å². The van der Waals surface area contributed by atoms with E-state index in [4.69, 9.17) is 4.74 Å². The van der Waals surface area contributed by atoms with Gasteiger partial charge in [0.05, 0.1) is 4.90 Å². The molecule has 162 valence electrons. The second-order valence-corrected chi connectivity index (χ2v) is 9.17. The van der Waals surface area contributed by atoms with Crippen LogP contribution in [-0.2, 0) is 14.8 Å². The van der Waals surface area contributed by atoms with Crippen LogP contribution in [0.5, 0.6) is 5.75 Å². The fourth-order valence-electron chi connectivity index (χ4n) is 2.84. The van der Waals surface area contributed by atoms with Crippen LogP contribution < -0.4 is 14.8 Å². The maximum Gasteiger partial charge on any atom is 0.265 e. The highest BCUT2D eigenvalue weighted by Crippen LogP contribution is 2.20. The molecule has 0 bridgehead atoms. The number of hydrogen-bond acceptors (Lipinski definition) is 4. The fraction of sp³-hybridized carbons (Fsp3) is 0.208. The summed E-state index contributed by atoms with van der Waals surface area (Å²) in [5.41, 5.74) is 4.24. The normalized spacial score (nSPS) is 12.1. The molecule has 2 N–H and O–H groups in total. The van der Waals surface area contributed by atoms with Gasteiger partial charge in [0, 0.05) is 11.4 Å². The Balaban J connectivity index is 1.63. The molecule has 0 aliphatic rings. The SMILES string of the molecule is Cc1ccc(NS(=O)(=O)c2ccc(NC(=O)[C@@H](C)Oc3ccc(C)c(C)c3)cc2)cc1. The number of amides is 1. The number of ether oxygens (including phenoxy) is 1. The van der Waals surface area contributed by atoms with Crippen LogP contribution in [0.3, 0.4) is 0 Å². The Hall–Kier alpha value is -3.32. The Morgan fingerprint density at radius 2 is 1.45 bits per heavy atom. The van der Waals surface area contributed by atoms with E-state index < -0.39 is 16.1 Å². The first-order chi connectivity index (χ1) is 14.6. The smallest absolute Gasteiger partial charge is 0.265 e. The maximum atomic E-state index is 12.6. The van der Waals surface area contributed by atoms with E-state index in [9.17, 15) is 13.2 Å². The van der Waals surface area contributed by atoms with E-state index in [1.165, 1.54) is 12.1 Å². The van der Waals surface area contributed by atoms with Crippen LogP contribution in [0.1, 0.15) is 23.6 Å². The summed E-state index contributed by atoms with van der Waals surface area (Å²) in [5, 5.41) is 2.74. The summed E-state index contributed by atoms with van der Waals surface area (Å²) in [7, 11) is -3.72. The Morgan fingerprint density at radius 3 is 2.06 bits per heavy atom. The minimum Gasteiger partial charge on any atom is -0.481 e. The highest BCUT2D eigenvalue weighted by molar-refractivity contribution is 7.92. The van der Waals surface area contributed by atoms with Gasteiger partial charge < -0.3 is 10.1 Å². The molecule has 0 aromatic heterocycles. The first-order valence-corrected chi connectivity index (χ1v) is 11.4. The Morgan fingerprint density at radius 1 is 0.839 bits per heavy atom. The number of sulfonamides is 1. The molecule has 31 heavy (non-hydrogen) atoms. The lowest BCUT2D eigenvalue weighted by Crippen LogP contribution is -2.30. The molecular formula is C24H26N2O4S. The van der Waals surface area contributed by atoms with E-state index in [0.717, 1.165) is 16.7 Å². The van der Waals surface area contributed by atoms with Gasteiger partial charge in [0.2, 0.25) is 0 Å². The molecular weight excluding hydrogens is 412 g/mol. The minimum absolute atomic E-state index is 0.102. The topological polar surface area (TPSA) is 84.5 Å². The van der Waals surface area contributed by atoms with Crippen LogP contribution in [0.25, 0.3) is 0 Å². The number of aryl methyl sites for hydroxylation is 3. The van der Waals surface area contributed by atoms with Gasteiger partial charge in [-0.1, -0.05) is 23.8 Å². The molecule has 0 spiro atoms. The van der Waals surface area contributed by atoms with E-state index >= 15 is 0 Å². The lowest BCUT2D eigenvalue weighted by atomic mass is 10.1. The summed E-state index contributed by atoms with van der Waals surface area (Å²) in [6.07, 6.45) is -0.714. The third-order valence-electron chi connectivity index (χ3n) is 4.90. The van der Waals surface area contributed by atoms with Crippen molar-refractivity contribution in [1.29, 1.82) is 0 Å². The summed E-state index contributed by atoms with van der Waals surface area (Å²) >= 11 is 0. The van der Waals surface area contributed by atoms with Crippen molar-refractivity contribution in [2.75, 3.05) is 10.0 Å². The predicted molar refractivity (Wildman–Crippen MR) is 123 cm³/mol. The van der Waals surface area contributed by atoms with Gasteiger partial charge in [-0.15, -0.1) is 0 Å². The first kappa shape index (κ1) is 22.4. The largest absolute Gasteiger partial charge is 0.481 e. The molecule has 1 amide bonds. The number of benzene rings is 3. The molecule has 0 fully saturated rings. The zero-order chi connectivity index (χ0) is 22.6. The number of nitrogens with one attached hydrogen (secondary N) is 2. The van der Waals surface area contributed by atoms with E-state index in [0.29, 0.717) is 17.1 Å². The van der Waals surface area contributed by atoms with Crippen molar-refractivity contribution in [3.05, 3.63) is 83.4 Å². The molecule has 3 aromatic rings. The number of anilines is 2. The molecule has 0 aliphatic carbocycles. The van der Waals surface area contributed by atoms with Gasteiger partial charge in [0.15, 0.2) is 6.10 Å². The molecule has 3 rings (SSSR count). The highest BCUT2D eigenvalue weighted by Gasteiger charge is 2.17. The van der Waals surface area contributed by atoms with Crippen LogP contribution in [0.2, 0.25) is 0 Å². The maximum absolute atomic E-state index is 12.6. The lowest BCUT2D eigenvalue weighted by molar-refractivity contribution is -0.122. The van der Waals surface area contributed by atoms with E-state index in [1.54, 1.807) is 31.2 Å². The van der Waals surface area contributed by atoms with E-state index in [-0.39, 0.29) is 10.8 Å². The van der Waals surface area contributed by atoms with Gasteiger partial charge in [-0.25, -0.2) is 8.42 Å². The van der Waals surface area contributed by atoms with Crippen LogP contribution >= 0.6 is 0 Å². The second kappa shape index (κ2) is 9.22. The van der Waals surface area contributed by atoms with Crippen LogP contribution in [0.15, 0.2) is 71.6 Å². The van der Waals surface area contributed by atoms with Crippen LogP contribution in [0.4, 0.5) is 11.4 Å². The summed E-state index contributed by atoms with van der Waals surface area (Å²) in [6, 6.07) is 18.7. The second-order valence-electron chi connectivity index (χ2n) is 7.49. The van der Waals surface area contributed by atoms with Crippen molar-refractivity contribution in [2.45, 2.75) is 38.7 Å². The average molecular weight is 439 g/mol. The van der Waals surface area contributed by atoms with Crippen molar-refractivity contribution in [2.24, 2.45) is 0 Å². The summed E-state index contributed by atoms with van der Waals surface area (Å²) in [6.45, 7) is 7.58. The van der Waals surface area contributed by atoms with Gasteiger partial charge in [-0.05, 0) is 87.4 Å². The Kier molecular flexibility index (Phi) is 6.65. The van der Waals surface area contributed by atoms with Gasteiger partial charge in [-0.2, -0.15) is 0 Å². The number of rotatable bonds is 7. The third kappa shape index (κ3) is 5.86. The van der Waals surface area contributed by atoms with Gasteiger partial charge in [-0.3, -0.25) is 9.52 Å². The van der Waals surface area contributed by atoms with Crippen LogP contribution in [-0.4, -0.2) is 20.4 Å². The molecule has 0 heterocycles. The molecule has 1 atom stereocenters. The zero-order valence-corrected chi connectivity index (χ0v) is 18.8. The zero-order valence-electron chi connectivity index (χ0n) is 18.0. The Labute approximate surface area is 183 Å². The standard InChI is InChI=1S/C24H26N2O4S/c1-16-5-8-21(9-6-16)26-31(28,29)23-13-10-20(11-14-23)25-24(27)19(4)30-22-12-7-17(2)18(3)15-22/h5-15,19,26H,1-4H3,(H,25,27)/t19-/m1/s1. The number of hydrogen-bond donors (Lipinski definition) is 2. The molecule has 0 saturated heterocycles. The monoisotopic (exact) mass is 438 g/mol. The van der Waals surface area contributed by atoms with Gasteiger partial charge in [0.25, 0.3) is 15.9 Å². The quantitative estimate of drug-likeness (QED) is 0.554. The average Bonchev–Trinajstić information content (AvgIpc) is 2.72. The van der Waals surface area contributed by atoms with Crippen molar-refractivity contribution in [3.63, 3.8) is 0 Å². The molecule has 3 aromatic carbocycles. The van der Waals surface area contributed by atoms with Crippen molar-refractivity contribution in [1.82, 2.24) is 0 Å². The third-order valence-corrected chi connectivity index (χ3v) is 6.29. The van der Waals surface area contributed by atoms with E-state index in [1.807, 2.05) is 51.1 Å². The highest BCUT2D eigenvalue weighted by atomic mass is 32.2. The molecule has 0 radical (unpaired) electrons.